The number of aromatic amines is 1. The number of phenols is 1. The number of aromatic hydroxyl groups is 1. The second-order valence-corrected chi connectivity index (χ2v) is 3.84. The normalized spacial score (nSPS) is 10.8. The molecule has 1 heterocycles. The van der Waals surface area contributed by atoms with Crippen LogP contribution < -0.4 is 0 Å². The number of hydrogen-bond donors (Lipinski definition) is 2. The number of hydrogen-bond acceptors (Lipinski definition) is 2. The van der Waals surface area contributed by atoms with Gasteiger partial charge in [-0.05, 0) is 30.0 Å². The number of rotatable bonds is 2. The quantitative estimate of drug-likeness (QED) is 0.769. The fourth-order valence-corrected chi connectivity index (χ4v) is 1.99. The summed E-state index contributed by atoms with van der Waals surface area (Å²) in [6.45, 7) is 0. The number of H-pyrrole nitrogens is 1. The van der Waals surface area contributed by atoms with E-state index in [2.05, 4.69) is 11.2 Å². The molecule has 1 aromatic carbocycles. The van der Waals surface area contributed by atoms with E-state index in [1.807, 2.05) is 12.3 Å². The summed E-state index contributed by atoms with van der Waals surface area (Å²) in [4.78, 5) is 3.18. The van der Waals surface area contributed by atoms with Crippen molar-refractivity contribution in [1.29, 1.82) is 0 Å². The highest BCUT2D eigenvalue weighted by molar-refractivity contribution is 7.97. The van der Waals surface area contributed by atoms with Gasteiger partial charge < -0.3 is 10.1 Å². The molecule has 2 rings (SSSR count). The average Bonchev–Trinajstić information content (AvgIpc) is 2.49. The Morgan fingerprint density at radius 1 is 1.46 bits per heavy atom. The minimum atomic E-state index is 0.328. The Morgan fingerprint density at radius 3 is 3.08 bits per heavy atom. The van der Waals surface area contributed by atoms with Crippen LogP contribution in [0.4, 0.5) is 0 Å². The first-order valence-electron chi connectivity index (χ1n) is 4.09. The molecule has 2 N–H and O–H groups in total. The summed E-state index contributed by atoms with van der Waals surface area (Å²) in [5.41, 5.74) is 2.33. The molecular weight excluding hydrogens is 182 g/mol. The minimum Gasteiger partial charge on any atom is -0.508 e. The molecule has 0 amide bonds. The summed E-state index contributed by atoms with van der Waals surface area (Å²) in [5.74, 6) is 1.30. The maximum Gasteiger partial charge on any atom is 0.116 e. The van der Waals surface area contributed by atoms with Gasteiger partial charge in [-0.15, -0.1) is 0 Å². The molecule has 0 bridgehead atoms. The van der Waals surface area contributed by atoms with Crippen LogP contribution in [0.1, 0.15) is 5.56 Å². The van der Waals surface area contributed by atoms with E-state index in [1.165, 1.54) is 5.56 Å². The molecule has 0 aliphatic heterocycles. The minimum absolute atomic E-state index is 0.328. The molecule has 2 aromatic rings. The zero-order valence-corrected chi connectivity index (χ0v) is 8.19. The summed E-state index contributed by atoms with van der Waals surface area (Å²) in [6, 6.07) is 5.40. The highest BCUT2D eigenvalue weighted by Crippen LogP contribution is 2.24. The van der Waals surface area contributed by atoms with Crippen molar-refractivity contribution < 1.29 is 5.11 Å². The van der Waals surface area contributed by atoms with Crippen LogP contribution in [0.5, 0.6) is 5.75 Å². The van der Waals surface area contributed by atoms with E-state index in [4.69, 9.17) is 0 Å². The van der Waals surface area contributed by atoms with Crippen molar-refractivity contribution >= 4 is 22.7 Å². The molecule has 0 unspecified atom stereocenters. The average molecular weight is 193 g/mol. The predicted octanol–water partition coefficient (Wildman–Crippen LogP) is 2.74. The first kappa shape index (κ1) is 8.51. The Bertz CT molecular complexity index is 422. The van der Waals surface area contributed by atoms with E-state index in [-0.39, 0.29) is 0 Å². The van der Waals surface area contributed by atoms with E-state index in [1.54, 1.807) is 23.9 Å². The molecular formula is C10H11NOS. The second kappa shape index (κ2) is 3.34. The lowest BCUT2D eigenvalue weighted by atomic mass is 10.2. The molecule has 0 saturated heterocycles. The molecule has 0 atom stereocenters. The molecule has 1 aromatic heterocycles. The molecule has 68 valence electrons. The molecule has 0 radical (unpaired) electrons. The standard InChI is InChI=1S/C10H11NOS/c1-13-6-7-5-11-10-3-2-8(12)4-9(7)10/h2-5,11-12H,6H2,1H3. The van der Waals surface area contributed by atoms with Gasteiger partial charge in [0.2, 0.25) is 0 Å². The largest absolute Gasteiger partial charge is 0.508 e. The second-order valence-electron chi connectivity index (χ2n) is 2.98. The number of benzene rings is 1. The summed E-state index contributed by atoms with van der Waals surface area (Å²) in [7, 11) is 0. The van der Waals surface area contributed by atoms with Gasteiger partial charge in [0.1, 0.15) is 5.75 Å². The Balaban J connectivity index is 2.58. The van der Waals surface area contributed by atoms with Crippen LogP contribution in [-0.4, -0.2) is 16.3 Å². The van der Waals surface area contributed by atoms with Crippen molar-refractivity contribution in [3.05, 3.63) is 30.0 Å². The first-order valence-corrected chi connectivity index (χ1v) is 5.48. The Hall–Kier alpha value is -1.09. The van der Waals surface area contributed by atoms with Crippen molar-refractivity contribution in [2.45, 2.75) is 5.75 Å². The summed E-state index contributed by atoms with van der Waals surface area (Å²) >= 11 is 1.78. The van der Waals surface area contributed by atoms with E-state index in [0.29, 0.717) is 5.75 Å². The van der Waals surface area contributed by atoms with Gasteiger partial charge in [0.25, 0.3) is 0 Å². The number of aromatic nitrogens is 1. The predicted molar refractivity (Wildman–Crippen MR) is 57.2 cm³/mol. The fraction of sp³-hybridized carbons (Fsp3) is 0.200. The highest BCUT2D eigenvalue weighted by atomic mass is 32.2. The van der Waals surface area contributed by atoms with Gasteiger partial charge in [0, 0.05) is 22.9 Å². The van der Waals surface area contributed by atoms with Gasteiger partial charge in [-0.2, -0.15) is 11.8 Å². The van der Waals surface area contributed by atoms with E-state index in [0.717, 1.165) is 16.7 Å². The molecule has 2 nitrogen and oxygen atoms in total. The lowest BCUT2D eigenvalue weighted by Gasteiger charge is -1.96. The SMILES string of the molecule is CSCc1c[nH]c2ccc(O)cc12. The third kappa shape index (κ3) is 1.52. The number of fused-ring (bicyclic) bond motifs is 1. The monoisotopic (exact) mass is 193 g/mol. The van der Waals surface area contributed by atoms with E-state index >= 15 is 0 Å². The topological polar surface area (TPSA) is 36.0 Å². The molecule has 0 aliphatic rings. The van der Waals surface area contributed by atoms with Gasteiger partial charge in [0.15, 0.2) is 0 Å². The Kier molecular flexibility index (Phi) is 2.19. The maximum atomic E-state index is 9.32. The van der Waals surface area contributed by atoms with Gasteiger partial charge in [-0.1, -0.05) is 0 Å². The third-order valence-corrected chi connectivity index (χ3v) is 2.65. The van der Waals surface area contributed by atoms with Crippen LogP contribution in [0.3, 0.4) is 0 Å². The highest BCUT2D eigenvalue weighted by Gasteiger charge is 2.02. The number of phenolic OH excluding ortho intramolecular Hbond substituents is 1. The smallest absolute Gasteiger partial charge is 0.116 e. The summed E-state index contributed by atoms with van der Waals surface area (Å²) < 4.78 is 0. The fourth-order valence-electron chi connectivity index (χ4n) is 1.44. The van der Waals surface area contributed by atoms with Crippen molar-refractivity contribution in [2.24, 2.45) is 0 Å². The van der Waals surface area contributed by atoms with Crippen molar-refractivity contribution in [3.8, 4) is 5.75 Å². The van der Waals surface area contributed by atoms with Crippen molar-refractivity contribution in [2.75, 3.05) is 6.26 Å². The lowest BCUT2D eigenvalue weighted by Crippen LogP contribution is -1.75. The number of nitrogens with one attached hydrogen (secondary N) is 1. The molecule has 0 aliphatic carbocycles. The van der Waals surface area contributed by atoms with Gasteiger partial charge in [-0.25, -0.2) is 0 Å². The van der Waals surface area contributed by atoms with Crippen LogP contribution in [0, 0.1) is 0 Å². The molecule has 0 fully saturated rings. The van der Waals surface area contributed by atoms with Crippen molar-refractivity contribution in [3.63, 3.8) is 0 Å². The Labute approximate surface area is 81.0 Å². The van der Waals surface area contributed by atoms with E-state index in [9.17, 15) is 5.11 Å². The van der Waals surface area contributed by atoms with Gasteiger partial charge in [-0.3, -0.25) is 0 Å². The molecule has 0 spiro atoms. The lowest BCUT2D eigenvalue weighted by molar-refractivity contribution is 0.476. The number of thioether (sulfide) groups is 1. The third-order valence-electron chi connectivity index (χ3n) is 2.05. The molecule has 0 saturated carbocycles. The van der Waals surface area contributed by atoms with Gasteiger partial charge >= 0.3 is 0 Å². The summed E-state index contributed by atoms with van der Waals surface area (Å²) in [5, 5.41) is 10.4. The van der Waals surface area contributed by atoms with E-state index < -0.39 is 0 Å². The van der Waals surface area contributed by atoms with Crippen LogP contribution >= 0.6 is 11.8 Å². The Morgan fingerprint density at radius 2 is 2.31 bits per heavy atom. The van der Waals surface area contributed by atoms with Crippen LogP contribution in [0.25, 0.3) is 10.9 Å². The van der Waals surface area contributed by atoms with Crippen LogP contribution in [-0.2, 0) is 5.75 Å². The first-order chi connectivity index (χ1) is 6.31. The molecule has 13 heavy (non-hydrogen) atoms. The van der Waals surface area contributed by atoms with Crippen LogP contribution in [0.15, 0.2) is 24.4 Å². The van der Waals surface area contributed by atoms with Crippen LogP contribution in [0.2, 0.25) is 0 Å². The molecule has 3 heteroatoms. The van der Waals surface area contributed by atoms with Gasteiger partial charge in [0.05, 0.1) is 0 Å². The summed E-state index contributed by atoms with van der Waals surface area (Å²) in [6.07, 6.45) is 4.07. The maximum absolute atomic E-state index is 9.32. The zero-order chi connectivity index (χ0) is 9.26. The zero-order valence-electron chi connectivity index (χ0n) is 7.37. The van der Waals surface area contributed by atoms with Crippen molar-refractivity contribution in [1.82, 2.24) is 4.98 Å².